The Balaban J connectivity index is 1.60. The van der Waals surface area contributed by atoms with Gasteiger partial charge in [0.15, 0.2) is 6.10 Å². The molecule has 0 fully saturated rings. The van der Waals surface area contributed by atoms with Crippen LogP contribution in [0.4, 0.5) is 11.4 Å². The van der Waals surface area contributed by atoms with E-state index in [1.165, 1.54) is 10.4 Å². The summed E-state index contributed by atoms with van der Waals surface area (Å²) in [6.45, 7) is -0.153. The fourth-order valence-corrected chi connectivity index (χ4v) is 5.14. The van der Waals surface area contributed by atoms with E-state index in [0.717, 1.165) is 0 Å². The Morgan fingerprint density at radius 3 is 2.45 bits per heavy atom. The number of hydrogen-bond donors (Lipinski definition) is 1. The van der Waals surface area contributed by atoms with Crippen molar-refractivity contribution in [3.63, 3.8) is 0 Å². The lowest BCUT2D eigenvalue weighted by Gasteiger charge is -2.34. The van der Waals surface area contributed by atoms with Crippen molar-refractivity contribution < 1.29 is 17.9 Å². The van der Waals surface area contributed by atoms with Gasteiger partial charge in [-0.25, -0.2) is 8.42 Å². The number of carbonyl (C=O) groups excluding carboxylic acids is 1. The van der Waals surface area contributed by atoms with Crippen LogP contribution in [0.15, 0.2) is 72.8 Å². The van der Waals surface area contributed by atoms with Crippen LogP contribution in [0.25, 0.3) is 0 Å². The minimum absolute atomic E-state index is 0.153. The smallest absolute Gasteiger partial charge is 0.267 e. The molecule has 160 valence electrons. The van der Waals surface area contributed by atoms with Gasteiger partial charge in [0, 0.05) is 5.69 Å². The monoisotopic (exact) mass is 476 g/mol. The maximum absolute atomic E-state index is 13.2. The van der Waals surface area contributed by atoms with E-state index in [2.05, 4.69) is 5.32 Å². The third-order valence-corrected chi connectivity index (χ3v) is 7.20. The average molecular weight is 477 g/mol. The van der Waals surface area contributed by atoms with Crippen molar-refractivity contribution in [3.8, 4) is 5.75 Å². The topological polar surface area (TPSA) is 75.7 Å². The molecule has 3 aromatic carbocycles. The predicted molar refractivity (Wildman–Crippen MR) is 122 cm³/mol. The fraction of sp³-hybridized carbons (Fsp3) is 0.136. The van der Waals surface area contributed by atoms with Gasteiger partial charge in [-0.05, 0) is 35.9 Å². The van der Waals surface area contributed by atoms with Crippen molar-refractivity contribution in [3.05, 3.63) is 88.4 Å². The van der Waals surface area contributed by atoms with Gasteiger partial charge < -0.3 is 10.1 Å². The molecule has 0 radical (unpaired) electrons. The predicted octanol–water partition coefficient (Wildman–Crippen LogP) is 4.73. The number of rotatable bonds is 5. The Morgan fingerprint density at radius 2 is 1.71 bits per heavy atom. The van der Waals surface area contributed by atoms with E-state index >= 15 is 0 Å². The third kappa shape index (κ3) is 4.79. The molecule has 3 aromatic rings. The van der Waals surface area contributed by atoms with E-state index in [1.807, 2.05) is 6.07 Å². The number of anilines is 2. The lowest BCUT2D eigenvalue weighted by Crippen LogP contribution is -2.49. The zero-order valence-electron chi connectivity index (χ0n) is 16.2. The van der Waals surface area contributed by atoms with Crippen molar-refractivity contribution in [2.45, 2.75) is 11.9 Å². The van der Waals surface area contributed by atoms with Crippen molar-refractivity contribution >= 4 is 50.5 Å². The lowest BCUT2D eigenvalue weighted by molar-refractivity contribution is -0.122. The number of nitrogens with one attached hydrogen (secondary N) is 1. The van der Waals surface area contributed by atoms with Crippen molar-refractivity contribution in [2.75, 3.05) is 16.2 Å². The summed E-state index contributed by atoms with van der Waals surface area (Å²) >= 11 is 11.9. The molecule has 1 atom stereocenters. The molecular formula is C22H18Cl2N2O4S. The van der Waals surface area contributed by atoms with Crippen LogP contribution in [0.2, 0.25) is 10.0 Å². The first-order valence-corrected chi connectivity index (χ1v) is 11.8. The van der Waals surface area contributed by atoms with E-state index in [0.29, 0.717) is 32.7 Å². The standard InChI is InChI=1S/C22H18Cl2N2O4S/c23-17-11-10-16(12-18(17)24)25-22(27)21-13-26(19-8-4-5-9-20(19)30-21)31(28,29)14-15-6-2-1-3-7-15/h1-12,21H,13-14H2,(H,25,27)/t21-/m1/s1. The molecule has 0 aliphatic carbocycles. The second kappa shape index (κ2) is 8.78. The molecule has 1 N–H and O–H groups in total. The molecule has 0 aromatic heterocycles. The third-order valence-electron chi connectivity index (χ3n) is 4.74. The van der Waals surface area contributed by atoms with Crippen LogP contribution in [-0.4, -0.2) is 27.0 Å². The summed E-state index contributed by atoms with van der Waals surface area (Å²) in [6, 6.07) is 20.3. The first kappa shape index (κ1) is 21.5. The molecule has 6 nitrogen and oxygen atoms in total. The molecular weight excluding hydrogens is 459 g/mol. The number of carbonyl (C=O) groups is 1. The molecule has 0 bridgehead atoms. The number of amides is 1. The normalized spacial score (nSPS) is 15.7. The van der Waals surface area contributed by atoms with Gasteiger partial charge in [-0.15, -0.1) is 0 Å². The molecule has 0 unspecified atom stereocenters. The zero-order valence-corrected chi connectivity index (χ0v) is 18.5. The summed E-state index contributed by atoms with van der Waals surface area (Å²) in [5, 5.41) is 3.36. The van der Waals surface area contributed by atoms with E-state index < -0.39 is 22.0 Å². The second-order valence-electron chi connectivity index (χ2n) is 6.97. The Labute approximate surface area is 190 Å². The SMILES string of the molecule is O=C(Nc1ccc(Cl)c(Cl)c1)[C@H]1CN(S(=O)(=O)Cc2ccccc2)c2ccccc2O1. The Hall–Kier alpha value is -2.74. The highest BCUT2D eigenvalue weighted by atomic mass is 35.5. The van der Waals surface area contributed by atoms with Gasteiger partial charge in [-0.2, -0.15) is 0 Å². The van der Waals surface area contributed by atoms with Crippen LogP contribution in [0.1, 0.15) is 5.56 Å². The lowest BCUT2D eigenvalue weighted by atomic mass is 10.2. The summed E-state index contributed by atoms with van der Waals surface area (Å²) in [4.78, 5) is 12.9. The van der Waals surface area contributed by atoms with E-state index in [1.54, 1.807) is 60.7 Å². The molecule has 1 heterocycles. The summed E-state index contributed by atoms with van der Waals surface area (Å²) in [6.07, 6.45) is -1.05. The summed E-state index contributed by atoms with van der Waals surface area (Å²) < 4.78 is 33.5. The van der Waals surface area contributed by atoms with Crippen LogP contribution >= 0.6 is 23.2 Å². The Morgan fingerprint density at radius 1 is 1.00 bits per heavy atom. The first-order valence-electron chi connectivity index (χ1n) is 9.39. The second-order valence-corrected chi connectivity index (χ2v) is 9.67. The summed E-state index contributed by atoms with van der Waals surface area (Å²) in [5.74, 6) is -0.365. The molecule has 0 saturated carbocycles. The first-order chi connectivity index (χ1) is 14.8. The molecule has 31 heavy (non-hydrogen) atoms. The number of fused-ring (bicyclic) bond motifs is 1. The largest absolute Gasteiger partial charge is 0.476 e. The van der Waals surface area contributed by atoms with Gasteiger partial charge in [-0.1, -0.05) is 65.7 Å². The van der Waals surface area contributed by atoms with Crippen molar-refractivity contribution in [1.29, 1.82) is 0 Å². The zero-order chi connectivity index (χ0) is 22.0. The van der Waals surface area contributed by atoms with E-state index in [-0.39, 0.29) is 12.3 Å². The van der Waals surface area contributed by atoms with Crippen molar-refractivity contribution in [1.82, 2.24) is 0 Å². The van der Waals surface area contributed by atoms with Gasteiger partial charge in [0.1, 0.15) is 5.75 Å². The van der Waals surface area contributed by atoms with Gasteiger partial charge in [0.25, 0.3) is 5.91 Å². The van der Waals surface area contributed by atoms with Crippen LogP contribution in [0.3, 0.4) is 0 Å². The summed E-state index contributed by atoms with van der Waals surface area (Å²) in [5.41, 5.74) is 1.49. The van der Waals surface area contributed by atoms with Gasteiger partial charge in [0.2, 0.25) is 10.0 Å². The minimum atomic E-state index is -3.77. The number of halogens is 2. The van der Waals surface area contributed by atoms with Crippen LogP contribution in [0, 0.1) is 0 Å². The molecule has 1 amide bonds. The highest BCUT2D eigenvalue weighted by Crippen LogP contribution is 2.36. The number of benzene rings is 3. The number of para-hydroxylation sites is 2. The molecule has 1 aliphatic heterocycles. The van der Waals surface area contributed by atoms with E-state index in [9.17, 15) is 13.2 Å². The van der Waals surface area contributed by atoms with Gasteiger partial charge in [-0.3, -0.25) is 9.10 Å². The molecule has 0 spiro atoms. The molecule has 0 saturated heterocycles. The van der Waals surface area contributed by atoms with E-state index in [4.69, 9.17) is 27.9 Å². The maximum Gasteiger partial charge on any atom is 0.267 e. The number of sulfonamides is 1. The number of nitrogens with zero attached hydrogens (tertiary/aromatic N) is 1. The van der Waals surface area contributed by atoms with Gasteiger partial charge >= 0.3 is 0 Å². The van der Waals surface area contributed by atoms with Crippen molar-refractivity contribution in [2.24, 2.45) is 0 Å². The Bertz CT molecular complexity index is 1220. The van der Waals surface area contributed by atoms with Crippen LogP contribution < -0.4 is 14.4 Å². The number of ether oxygens (including phenoxy) is 1. The summed E-state index contributed by atoms with van der Waals surface area (Å²) in [7, 11) is -3.77. The van der Waals surface area contributed by atoms with Crippen LogP contribution in [-0.2, 0) is 20.6 Å². The Kier molecular flexibility index (Phi) is 6.09. The highest BCUT2D eigenvalue weighted by molar-refractivity contribution is 7.92. The fourth-order valence-electron chi connectivity index (χ4n) is 3.26. The molecule has 1 aliphatic rings. The minimum Gasteiger partial charge on any atom is -0.476 e. The van der Waals surface area contributed by atoms with Crippen LogP contribution in [0.5, 0.6) is 5.75 Å². The highest BCUT2D eigenvalue weighted by Gasteiger charge is 2.36. The molecule has 9 heteroatoms. The number of hydrogen-bond acceptors (Lipinski definition) is 4. The quantitative estimate of drug-likeness (QED) is 0.577. The van der Waals surface area contributed by atoms with Gasteiger partial charge in [0.05, 0.1) is 28.0 Å². The maximum atomic E-state index is 13.2. The molecule has 4 rings (SSSR count). The average Bonchev–Trinajstić information content (AvgIpc) is 2.76.